The normalized spacial score (nSPS) is 10.8. The van der Waals surface area contributed by atoms with Gasteiger partial charge < -0.3 is 0 Å². The Labute approximate surface area is 83.7 Å². The van der Waals surface area contributed by atoms with Crippen molar-refractivity contribution >= 4 is 11.6 Å². The molecule has 0 aliphatic heterocycles. The highest BCUT2D eigenvalue weighted by molar-refractivity contribution is 6.17. The molecular formula is C11H14ClF. The lowest BCUT2D eigenvalue weighted by molar-refractivity contribution is 0.573. The van der Waals surface area contributed by atoms with Gasteiger partial charge in [-0.2, -0.15) is 0 Å². The topological polar surface area (TPSA) is 0 Å². The van der Waals surface area contributed by atoms with Gasteiger partial charge in [-0.25, -0.2) is 4.39 Å². The molecule has 0 nitrogen and oxygen atoms in total. The molecule has 0 fully saturated rings. The summed E-state index contributed by atoms with van der Waals surface area (Å²) in [4.78, 5) is 0. The van der Waals surface area contributed by atoms with E-state index in [1.54, 1.807) is 6.07 Å². The van der Waals surface area contributed by atoms with Gasteiger partial charge >= 0.3 is 0 Å². The average molecular weight is 201 g/mol. The van der Waals surface area contributed by atoms with Gasteiger partial charge in [-0.15, -0.1) is 11.6 Å². The Morgan fingerprint density at radius 3 is 2.62 bits per heavy atom. The molecule has 0 radical (unpaired) electrons. The molecule has 0 spiro atoms. The van der Waals surface area contributed by atoms with E-state index in [0.29, 0.717) is 11.8 Å². The SMILES string of the molecule is CC(C)Cc1cc(CCl)ccc1F. The predicted molar refractivity (Wildman–Crippen MR) is 54.5 cm³/mol. The number of benzene rings is 1. The van der Waals surface area contributed by atoms with Gasteiger partial charge in [0, 0.05) is 5.88 Å². The summed E-state index contributed by atoms with van der Waals surface area (Å²) in [5.41, 5.74) is 1.76. The fourth-order valence-electron chi connectivity index (χ4n) is 1.31. The minimum absolute atomic E-state index is 0.123. The molecule has 0 saturated carbocycles. The molecule has 0 N–H and O–H groups in total. The van der Waals surface area contributed by atoms with Gasteiger partial charge in [-0.3, -0.25) is 0 Å². The lowest BCUT2D eigenvalue weighted by Gasteiger charge is -2.07. The van der Waals surface area contributed by atoms with Crippen molar-refractivity contribution in [1.82, 2.24) is 0 Å². The van der Waals surface area contributed by atoms with Crippen molar-refractivity contribution in [1.29, 1.82) is 0 Å². The lowest BCUT2D eigenvalue weighted by atomic mass is 10.0. The number of halogens is 2. The molecule has 0 aromatic heterocycles. The molecule has 0 bridgehead atoms. The Hall–Kier alpha value is -0.560. The third kappa shape index (κ3) is 3.00. The van der Waals surface area contributed by atoms with Crippen molar-refractivity contribution in [3.05, 3.63) is 35.1 Å². The molecule has 1 aromatic carbocycles. The molecule has 0 amide bonds. The summed E-state index contributed by atoms with van der Waals surface area (Å²) < 4.78 is 13.2. The Bertz CT molecular complexity index is 281. The molecule has 13 heavy (non-hydrogen) atoms. The molecule has 0 heterocycles. The van der Waals surface area contributed by atoms with E-state index < -0.39 is 0 Å². The quantitative estimate of drug-likeness (QED) is 0.652. The van der Waals surface area contributed by atoms with Gasteiger partial charge in [0.05, 0.1) is 0 Å². The zero-order valence-corrected chi connectivity index (χ0v) is 8.74. The van der Waals surface area contributed by atoms with Crippen LogP contribution < -0.4 is 0 Å². The maximum absolute atomic E-state index is 13.2. The first-order chi connectivity index (χ1) is 6.13. The average Bonchev–Trinajstić information content (AvgIpc) is 2.08. The first-order valence-electron chi connectivity index (χ1n) is 4.46. The highest BCUT2D eigenvalue weighted by atomic mass is 35.5. The molecule has 0 aliphatic rings. The smallest absolute Gasteiger partial charge is 0.126 e. The second kappa shape index (κ2) is 4.61. The molecule has 1 aromatic rings. The maximum Gasteiger partial charge on any atom is 0.126 e. The molecule has 0 atom stereocenters. The van der Waals surface area contributed by atoms with Crippen LogP contribution in [0.25, 0.3) is 0 Å². The van der Waals surface area contributed by atoms with Crippen LogP contribution in [0.1, 0.15) is 25.0 Å². The Morgan fingerprint density at radius 2 is 2.08 bits per heavy atom. The monoisotopic (exact) mass is 200 g/mol. The summed E-state index contributed by atoms with van der Waals surface area (Å²) in [5.74, 6) is 0.799. The third-order valence-corrected chi connectivity index (χ3v) is 2.20. The molecule has 2 heteroatoms. The van der Waals surface area contributed by atoms with E-state index in [9.17, 15) is 4.39 Å². The minimum Gasteiger partial charge on any atom is -0.207 e. The summed E-state index contributed by atoms with van der Waals surface area (Å²) in [5, 5.41) is 0. The Morgan fingerprint density at radius 1 is 1.38 bits per heavy atom. The second-order valence-electron chi connectivity index (χ2n) is 3.66. The van der Waals surface area contributed by atoms with Crippen molar-refractivity contribution in [2.24, 2.45) is 5.92 Å². The predicted octanol–water partition coefficient (Wildman–Crippen LogP) is 3.76. The molecular weight excluding hydrogens is 187 g/mol. The van der Waals surface area contributed by atoms with E-state index in [-0.39, 0.29) is 5.82 Å². The van der Waals surface area contributed by atoms with E-state index in [2.05, 4.69) is 13.8 Å². The highest BCUT2D eigenvalue weighted by Gasteiger charge is 2.05. The van der Waals surface area contributed by atoms with Crippen LogP contribution in [-0.4, -0.2) is 0 Å². The molecule has 0 saturated heterocycles. The first kappa shape index (κ1) is 10.5. The lowest BCUT2D eigenvalue weighted by Crippen LogP contribution is -1.98. The van der Waals surface area contributed by atoms with Crippen molar-refractivity contribution < 1.29 is 4.39 Å². The Balaban J connectivity index is 2.90. The second-order valence-corrected chi connectivity index (χ2v) is 3.92. The van der Waals surface area contributed by atoms with Gasteiger partial charge in [0.2, 0.25) is 0 Å². The van der Waals surface area contributed by atoms with Crippen LogP contribution in [0.5, 0.6) is 0 Å². The van der Waals surface area contributed by atoms with E-state index in [4.69, 9.17) is 11.6 Å². The summed E-state index contributed by atoms with van der Waals surface area (Å²) >= 11 is 5.67. The van der Waals surface area contributed by atoms with Crippen molar-refractivity contribution in [3.63, 3.8) is 0 Å². The van der Waals surface area contributed by atoms with Crippen LogP contribution >= 0.6 is 11.6 Å². The van der Waals surface area contributed by atoms with Gasteiger partial charge in [-0.05, 0) is 29.5 Å². The number of hydrogen-bond donors (Lipinski definition) is 0. The minimum atomic E-state index is -0.123. The highest BCUT2D eigenvalue weighted by Crippen LogP contribution is 2.15. The third-order valence-electron chi connectivity index (χ3n) is 1.89. The van der Waals surface area contributed by atoms with Gasteiger partial charge in [0.15, 0.2) is 0 Å². The molecule has 0 aliphatic carbocycles. The van der Waals surface area contributed by atoms with Gasteiger partial charge in [0.25, 0.3) is 0 Å². The summed E-state index contributed by atoms with van der Waals surface area (Å²) in [6, 6.07) is 5.07. The van der Waals surface area contributed by atoms with Crippen LogP contribution in [0, 0.1) is 11.7 Å². The maximum atomic E-state index is 13.2. The number of alkyl halides is 1. The summed E-state index contributed by atoms with van der Waals surface area (Å²) in [6.45, 7) is 4.15. The van der Waals surface area contributed by atoms with Crippen LogP contribution in [-0.2, 0) is 12.3 Å². The van der Waals surface area contributed by atoms with Crippen LogP contribution in [0.3, 0.4) is 0 Å². The van der Waals surface area contributed by atoms with Crippen LogP contribution in [0.2, 0.25) is 0 Å². The van der Waals surface area contributed by atoms with E-state index in [1.165, 1.54) is 6.07 Å². The summed E-state index contributed by atoms with van der Waals surface area (Å²) in [7, 11) is 0. The number of rotatable bonds is 3. The zero-order chi connectivity index (χ0) is 9.84. The van der Waals surface area contributed by atoms with Crippen molar-refractivity contribution in [2.75, 3.05) is 0 Å². The molecule has 72 valence electrons. The molecule has 0 unspecified atom stereocenters. The van der Waals surface area contributed by atoms with E-state index in [1.807, 2.05) is 6.07 Å². The Kier molecular flexibility index (Phi) is 3.73. The first-order valence-corrected chi connectivity index (χ1v) is 5.00. The fourth-order valence-corrected chi connectivity index (χ4v) is 1.47. The molecule has 1 rings (SSSR count). The largest absolute Gasteiger partial charge is 0.207 e. The van der Waals surface area contributed by atoms with E-state index >= 15 is 0 Å². The standard InChI is InChI=1S/C11H14ClF/c1-8(2)5-10-6-9(7-12)3-4-11(10)13/h3-4,6,8H,5,7H2,1-2H3. The van der Waals surface area contributed by atoms with Gasteiger partial charge in [-0.1, -0.05) is 26.0 Å². The zero-order valence-electron chi connectivity index (χ0n) is 7.98. The van der Waals surface area contributed by atoms with Crippen molar-refractivity contribution in [2.45, 2.75) is 26.1 Å². The van der Waals surface area contributed by atoms with Crippen LogP contribution in [0.15, 0.2) is 18.2 Å². The summed E-state index contributed by atoms with van der Waals surface area (Å²) in [6.07, 6.45) is 0.774. The number of hydrogen-bond acceptors (Lipinski definition) is 0. The van der Waals surface area contributed by atoms with Gasteiger partial charge in [0.1, 0.15) is 5.82 Å². The van der Waals surface area contributed by atoms with Crippen LogP contribution in [0.4, 0.5) is 4.39 Å². The van der Waals surface area contributed by atoms with Crippen molar-refractivity contribution in [3.8, 4) is 0 Å². The van der Waals surface area contributed by atoms with E-state index in [0.717, 1.165) is 17.5 Å². The fraction of sp³-hybridized carbons (Fsp3) is 0.455.